The van der Waals surface area contributed by atoms with Crippen molar-refractivity contribution in [2.75, 3.05) is 46.1 Å². The molecule has 18 heavy (non-hydrogen) atoms. The number of rotatable bonds is 9. The minimum Gasteiger partial charge on any atom is -0.481 e. The van der Waals surface area contributed by atoms with E-state index in [0.717, 1.165) is 32.5 Å². The molecular formula is C12H23NO5. The second kappa shape index (κ2) is 9.27. The maximum atomic E-state index is 10.3. The molecule has 0 saturated carbocycles. The zero-order valence-electron chi connectivity index (χ0n) is 10.7. The molecule has 0 aliphatic carbocycles. The van der Waals surface area contributed by atoms with Gasteiger partial charge < -0.3 is 24.6 Å². The van der Waals surface area contributed by atoms with Gasteiger partial charge in [-0.05, 0) is 12.8 Å². The van der Waals surface area contributed by atoms with Crippen molar-refractivity contribution in [1.82, 2.24) is 4.90 Å². The highest BCUT2D eigenvalue weighted by molar-refractivity contribution is 5.66. The summed E-state index contributed by atoms with van der Waals surface area (Å²) in [4.78, 5) is 12.6. The third-order valence-corrected chi connectivity index (χ3v) is 2.99. The van der Waals surface area contributed by atoms with Crippen LogP contribution in [0.15, 0.2) is 0 Å². The molecule has 1 aliphatic rings. The minimum atomic E-state index is -0.812. The first-order valence-corrected chi connectivity index (χ1v) is 6.46. The number of aliphatic hydroxyl groups is 1. The van der Waals surface area contributed by atoms with Crippen molar-refractivity contribution in [2.24, 2.45) is 0 Å². The van der Waals surface area contributed by atoms with Gasteiger partial charge in [0.2, 0.25) is 0 Å². The summed E-state index contributed by atoms with van der Waals surface area (Å²) in [5, 5.41) is 17.1. The van der Waals surface area contributed by atoms with Gasteiger partial charge >= 0.3 is 5.97 Å². The van der Waals surface area contributed by atoms with Gasteiger partial charge in [0, 0.05) is 19.6 Å². The van der Waals surface area contributed by atoms with Crippen molar-refractivity contribution in [1.29, 1.82) is 0 Å². The van der Waals surface area contributed by atoms with E-state index < -0.39 is 5.97 Å². The van der Waals surface area contributed by atoms with Gasteiger partial charge in [-0.25, -0.2) is 0 Å². The SMILES string of the molecule is O=C(O)CCOC1CCN(CCOCCO)CC1. The number of hydrogen-bond acceptors (Lipinski definition) is 5. The molecule has 0 spiro atoms. The van der Waals surface area contributed by atoms with E-state index in [2.05, 4.69) is 4.90 Å². The Kier molecular flexibility index (Phi) is 7.91. The highest BCUT2D eigenvalue weighted by atomic mass is 16.5. The number of carbonyl (C=O) groups is 1. The van der Waals surface area contributed by atoms with Crippen molar-refractivity contribution in [2.45, 2.75) is 25.4 Å². The van der Waals surface area contributed by atoms with Gasteiger partial charge in [-0.15, -0.1) is 0 Å². The number of carboxylic acid groups (broad SMARTS) is 1. The molecular weight excluding hydrogens is 238 g/mol. The van der Waals surface area contributed by atoms with Crippen LogP contribution < -0.4 is 0 Å². The lowest BCUT2D eigenvalue weighted by atomic mass is 10.1. The number of hydrogen-bond donors (Lipinski definition) is 2. The molecule has 106 valence electrons. The lowest BCUT2D eigenvalue weighted by Gasteiger charge is -2.31. The quantitative estimate of drug-likeness (QED) is 0.567. The predicted octanol–water partition coefficient (Wildman–Crippen LogP) is -0.0490. The number of ether oxygens (including phenoxy) is 2. The first-order valence-electron chi connectivity index (χ1n) is 6.46. The van der Waals surface area contributed by atoms with Crippen LogP contribution in [0.4, 0.5) is 0 Å². The summed E-state index contributed by atoms with van der Waals surface area (Å²) in [6.07, 6.45) is 2.16. The molecule has 1 saturated heterocycles. The Bertz CT molecular complexity index is 229. The van der Waals surface area contributed by atoms with Crippen LogP contribution in [-0.2, 0) is 14.3 Å². The molecule has 0 aromatic heterocycles. The molecule has 1 heterocycles. The minimum absolute atomic E-state index is 0.0689. The van der Waals surface area contributed by atoms with E-state index in [1.165, 1.54) is 0 Å². The van der Waals surface area contributed by atoms with Crippen LogP contribution in [0.1, 0.15) is 19.3 Å². The van der Waals surface area contributed by atoms with Crippen LogP contribution in [0.2, 0.25) is 0 Å². The fraction of sp³-hybridized carbons (Fsp3) is 0.917. The van der Waals surface area contributed by atoms with Crippen LogP contribution in [0, 0.1) is 0 Å². The largest absolute Gasteiger partial charge is 0.481 e. The van der Waals surface area contributed by atoms with E-state index in [9.17, 15) is 4.79 Å². The van der Waals surface area contributed by atoms with E-state index in [0.29, 0.717) is 19.8 Å². The third kappa shape index (κ3) is 6.90. The Morgan fingerprint density at radius 2 is 1.94 bits per heavy atom. The third-order valence-electron chi connectivity index (χ3n) is 2.99. The van der Waals surface area contributed by atoms with Gasteiger partial charge in [-0.3, -0.25) is 4.79 Å². The summed E-state index contributed by atoms with van der Waals surface area (Å²) in [6, 6.07) is 0. The second-order valence-electron chi connectivity index (χ2n) is 4.39. The number of aliphatic hydroxyl groups excluding tert-OH is 1. The fourth-order valence-electron chi connectivity index (χ4n) is 1.97. The number of carboxylic acids is 1. The van der Waals surface area contributed by atoms with Gasteiger partial charge in [0.1, 0.15) is 0 Å². The summed E-state index contributed by atoms with van der Waals surface area (Å²) in [5.41, 5.74) is 0. The van der Waals surface area contributed by atoms with Crippen molar-refractivity contribution in [3.8, 4) is 0 Å². The topological polar surface area (TPSA) is 79.2 Å². The first-order chi connectivity index (χ1) is 8.72. The molecule has 0 unspecified atom stereocenters. The second-order valence-corrected chi connectivity index (χ2v) is 4.39. The average Bonchev–Trinajstić information content (AvgIpc) is 2.36. The van der Waals surface area contributed by atoms with Crippen molar-refractivity contribution in [3.05, 3.63) is 0 Å². The first kappa shape index (κ1) is 15.4. The lowest BCUT2D eigenvalue weighted by molar-refractivity contribution is -0.138. The van der Waals surface area contributed by atoms with Gasteiger partial charge in [0.05, 0.1) is 39.0 Å². The van der Waals surface area contributed by atoms with E-state index >= 15 is 0 Å². The van der Waals surface area contributed by atoms with E-state index in [1.54, 1.807) is 0 Å². The van der Waals surface area contributed by atoms with Crippen molar-refractivity contribution >= 4 is 5.97 Å². The number of piperidine rings is 1. The number of aliphatic carboxylic acids is 1. The monoisotopic (exact) mass is 261 g/mol. The highest BCUT2D eigenvalue weighted by Gasteiger charge is 2.19. The summed E-state index contributed by atoms with van der Waals surface area (Å²) in [5.74, 6) is -0.812. The van der Waals surface area contributed by atoms with Crippen molar-refractivity contribution in [3.63, 3.8) is 0 Å². The van der Waals surface area contributed by atoms with Gasteiger partial charge in [-0.2, -0.15) is 0 Å². The van der Waals surface area contributed by atoms with Crippen LogP contribution >= 0.6 is 0 Å². The smallest absolute Gasteiger partial charge is 0.305 e. The Hall–Kier alpha value is -0.690. The molecule has 1 aliphatic heterocycles. The average molecular weight is 261 g/mol. The molecule has 0 aromatic carbocycles. The molecule has 6 heteroatoms. The van der Waals surface area contributed by atoms with E-state index in [-0.39, 0.29) is 19.1 Å². The Labute approximate surface area is 107 Å². The Morgan fingerprint density at radius 1 is 1.22 bits per heavy atom. The summed E-state index contributed by atoms with van der Waals surface area (Å²) in [6.45, 7) is 4.21. The zero-order chi connectivity index (χ0) is 13.2. The molecule has 0 aromatic rings. The number of nitrogens with zero attached hydrogens (tertiary/aromatic N) is 1. The molecule has 6 nitrogen and oxygen atoms in total. The van der Waals surface area contributed by atoms with Gasteiger partial charge in [-0.1, -0.05) is 0 Å². The van der Waals surface area contributed by atoms with E-state index in [4.69, 9.17) is 19.7 Å². The Balaban J connectivity index is 2.00. The predicted molar refractivity (Wildman–Crippen MR) is 65.6 cm³/mol. The molecule has 2 N–H and O–H groups in total. The zero-order valence-corrected chi connectivity index (χ0v) is 10.7. The van der Waals surface area contributed by atoms with Crippen LogP contribution in [0.5, 0.6) is 0 Å². The van der Waals surface area contributed by atoms with Crippen LogP contribution in [0.25, 0.3) is 0 Å². The molecule has 0 atom stereocenters. The molecule has 1 fully saturated rings. The number of likely N-dealkylation sites (tertiary alicyclic amines) is 1. The molecule has 0 bridgehead atoms. The van der Waals surface area contributed by atoms with Crippen LogP contribution in [0.3, 0.4) is 0 Å². The normalized spacial score (nSPS) is 18.1. The summed E-state index contributed by atoms with van der Waals surface area (Å²) in [7, 11) is 0. The van der Waals surface area contributed by atoms with Gasteiger partial charge in [0.25, 0.3) is 0 Å². The summed E-state index contributed by atoms with van der Waals surface area (Å²) >= 11 is 0. The lowest BCUT2D eigenvalue weighted by Crippen LogP contribution is -2.39. The van der Waals surface area contributed by atoms with Crippen molar-refractivity contribution < 1.29 is 24.5 Å². The fourth-order valence-corrected chi connectivity index (χ4v) is 1.97. The molecule has 0 amide bonds. The Morgan fingerprint density at radius 3 is 2.56 bits per heavy atom. The maximum absolute atomic E-state index is 10.3. The molecule has 0 radical (unpaired) electrons. The van der Waals surface area contributed by atoms with E-state index in [1.807, 2.05) is 0 Å². The summed E-state index contributed by atoms with van der Waals surface area (Å²) < 4.78 is 10.7. The standard InChI is InChI=1S/C12H23NO5/c14-7-10-17-9-6-13-4-1-11(2-5-13)18-8-3-12(15)16/h11,14H,1-10H2,(H,15,16). The highest BCUT2D eigenvalue weighted by Crippen LogP contribution is 2.13. The van der Waals surface area contributed by atoms with Crippen LogP contribution in [-0.4, -0.2) is 73.2 Å². The molecule has 1 rings (SSSR count). The maximum Gasteiger partial charge on any atom is 0.305 e. The van der Waals surface area contributed by atoms with Gasteiger partial charge in [0.15, 0.2) is 0 Å².